The van der Waals surface area contributed by atoms with Gasteiger partial charge in [0.25, 0.3) is 0 Å². The Morgan fingerprint density at radius 3 is 1.19 bits per heavy atom. The topological polar surface area (TPSA) is 117 Å². The van der Waals surface area contributed by atoms with Crippen LogP contribution in [0.3, 0.4) is 0 Å². The number of hydrogen-bond donors (Lipinski definition) is 0. The molecule has 0 aliphatic rings. The molecule has 278 valence electrons. The Morgan fingerprint density at radius 2 is 0.833 bits per heavy atom. The van der Waals surface area contributed by atoms with Gasteiger partial charge in [0.1, 0.15) is 23.0 Å². The van der Waals surface area contributed by atoms with Gasteiger partial charge in [-0.1, -0.05) is 76.1 Å². The van der Waals surface area contributed by atoms with E-state index in [4.69, 9.17) is 18.9 Å². The second-order valence-electron chi connectivity index (χ2n) is 12.6. The minimum absolute atomic E-state index is 0. The summed E-state index contributed by atoms with van der Waals surface area (Å²) in [5.74, 6) is 13.2. The molecule has 0 aromatic heterocycles. The third-order valence-electron chi connectivity index (χ3n) is 8.07. The molecule has 0 heterocycles. The molecular formula is C44H52Na2O8. The van der Waals surface area contributed by atoms with Crippen molar-refractivity contribution in [1.82, 2.24) is 0 Å². The number of aliphatic carboxylic acids is 2. The summed E-state index contributed by atoms with van der Waals surface area (Å²) in [7, 11) is 0. The Bertz CT molecular complexity index is 1510. The molecule has 3 aromatic rings. The molecule has 0 saturated carbocycles. The van der Waals surface area contributed by atoms with Gasteiger partial charge in [0, 0.05) is 35.2 Å². The molecule has 0 amide bonds. The molecule has 0 aliphatic carbocycles. The van der Waals surface area contributed by atoms with Crippen molar-refractivity contribution >= 4 is 11.9 Å². The van der Waals surface area contributed by atoms with Crippen molar-refractivity contribution in [2.75, 3.05) is 26.4 Å². The fourth-order valence-electron chi connectivity index (χ4n) is 5.09. The maximum atomic E-state index is 10.9. The predicted molar refractivity (Wildman–Crippen MR) is 199 cm³/mol. The van der Waals surface area contributed by atoms with Gasteiger partial charge in [0.2, 0.25) is 0 Å². The van der Waals surface area contributed by atoms with Crippen LogP contribution in [0, 0.1) is 23.7 Å². The Labute approximate surface area is 366 Å². The minimum Gasteiger partial charge on any atom is -0.550 e. The van der Waals surface area contributed by atoms with Crippen molar-refractivity contribution in [2.45, 2.75) is 104 Å². The van der Waals surface area contributed by atoms with Gasteiger partial charge in [-0.2, -0.15) is 0 Å². The van der Waals surface area contributed by atoms with E-state index in [-0.39, 0.29) is 85.2 Å². The van der Waals surface area contributed by atoms with Crippen molar-refractivity contribution < 1.29 is 97.9 Å². The molecule has 54 heavy (non-hydrogen) atoms. The largest absolute Gasteiger partial charge is 1.00 e. The first-order valence-corrected chi connectivity index (χ1v) is 18.7. The van der Waals surface area contributed by atoms with Gasteiger partial charge in [-0.25, -0.2) is 0 Å². The van der Waals surface area contributed by atoms with Crippen molar-refractivity contribution in [3.63, 3.8) is 0 Å². The van der Waals surface area contributed by atoms with Crippen LogP contribution in [0.25, 0.3) is 0 Å². The molecule has 0 N–H and O–H groups in total. The van der Waals surface area contributed by atoms with Crippen LogP contribution in [0.15, 0.2) is 60.7 Å². The normalized spacial score (nSPS) is 9.96. The van der Waals surface area contributed by atoms with E-state index in [1.807, 2.05) is 48.5 Å². The van der Waals surface area contributed by atoms with Gasteiger partial charge < -0.3 is 38.7 Å². The van der Waals surface area contributed by atoms with Crippen LogP contribution in [-0.2, 0) is 9.59 Å². The summed E-state index contributed by atoms with van der Waals surface area (Å²) in [4.78, 5) is 21.8. The van der Waals surface area contributed by atoms with Crippen molar-refractivity contribution in [2.24, 2.45) is 0 Å². The molecule has 0 unspecified atom stereocenters. The van der Waals surface area contributed by atoms with Gasteiger partial charge in [0.05, 0.1) is 37.6 Å². The second kappa shape index (κ2) is 30.2. The van der Waals surface area contributed by atoms with Gasteiger partial charge in [-0.15, -0.1) is 0 Å². The quantitative estimate of drug-likeness (QED) is 0.0757. The van der Waals surface area contributed by atoms with E-state index >= 15 is 0 Å². The zero-order chi connectivity index (χ0) is 37.2. The SMILES string of the molecule is CCCCCCOc1ccc(C#Cc2cc(OCCCCC(=O)[O-])c(C#Cc3ccc(OCCCCCC)cc3)cc2OCCCCC(=O)[O-])cc1.[Na+].[Na+]. The molecule has 3 aromatic carbocycles. The third-order valence-corrected chi connectivity index (χ3v) is 8.07. The van der Waals surface area contributed by atoms with E-state index in [1.165, 1.54) is 25.7 Å². The number of benzene rings is 3. The molecule has 0 aliphatic heterocycles. The Kier molecular flexibility index (Phi) is 27.3. The van der Waals surface area contributed by atoms with Crippen molar-refractivity contribution in [3.05, 3.63) is 82.9 Å². The van der Waals surface area contributed by atoms with Crippen LogP contribution >= 0.6 is 0 Å². The maximum Gasteiger partial charge on any atom is 1.00 e. The summed E-state index contributed by atoms with van der Waals surface area (Å²) in [6.45, 7) is 6.29. The average molecular weight is 755 g/mol. The molecule has 0 radical (unpaired) electrons. The Balaban J connectivity index is 0.00000729. The summed E-state index contributed by atoms with van der Waals surface area (Å²) in [5.41, 5.74) is 2.74. The van der Waals surface area contributed by atoms with E-state index in [0.29, 0.717) is 61.5 Å². The number of hydrogen-bond acceptors (Lipinski definition) is 8. The van der Waals surface area contributed by atoms with E-state index in [0.717, 1.165) is 48.3 Å². The number of carboxylic acid groups (broad SMARTS) is 2. The van der Waals surface area contributed by atoms with Crippen molar-refractivity contribution in [3.8, 4) is 46.7 Å². The van der Waals surface area contributed by atoms with Crippen molar-refractivity contribution in [1.29, 1.82) is 0 Å². The number of unbranched alkanes of at least 4 members (excludes halogenated alkanes) is 8. The van der Waals surface area contributed by atoms with Crippen LogP contribution < -0.4 is 88.3 Å². The average Bonchev–Trinajstić information content (AvgIpc) is 3.14. The molecule has 0 atom stereocenters. The van der Waals surface area contributed by atoms with E-state index in [2.05, 4.69) is 37.5 Å². The molecule has 0 fully saturated rings. The van der Waals surface area contributed by atoms with E-state index in [1.54, 1.807) is 12.1 Å². The van der Waals surface area contributed by atoms with Gasteiger partial charge >= 0.3 is 59.1 Å². The maximum absolute atomic E-state index is 10.9. The summed E-state index contributed by atoms with van der Waals surface area (Å²) in [5, 5.41) is 21.8. The number of carbonyl (C=O) groups is 2. The first kappa shape index (κ1) is 48.9. The fourth-order valence-corrected chi connectivity index (χ4v) is 5.09. The van der Waals surface area contributed by atoms with Gasteiger partial charge in [-0.3, -0.25) is 0 Å². The third kappa shape index (κ3) is 21.1. The van der Waals surface area contributed by atoms with Crippen LogP contribution in [0.1, 0.15) is 126 Å². The molecule has 3 rings (SSSR count). The van der Waals surface area contributed by atoms with Crippen LogP contribution in [0.4, 0.5) is 0 Å². The summed E-state index contributed by atoms with van der Waals surface area (Å²) < 4.78 is 24.0. The number of carboxylic acids is 2. The van der Waals surface area contributed by atoms with Crippen LogP contribution in [-0.4, -0.2) is 38.4 Å². The first-order chi connectivity index (χ1) is 25.4. The van der Waals surface area contributed by atoms with E-state index < -0.39 is 11.9 Å². The monoisotopic (exact) mass is 754 g/mol. The molecule has 0 saturated heterocycles. The Morgan fingerprint density at radius 1 is 0.481 bits per heavy atom. The van der Waals surface area contributed by atoms with Crippen LogP contribution in [0.5, 0.6) is 23.0 Å². The van der Waals surface area contributed by atoms with Crippen LogP contribution in [0.2, 0.25) is 0 Å². The summed E-state index contributed by atoms with van der Waals surface area (Å²) in [6.07, 6.45) is 10.9. The molecule has 10 heteroatoms. The molecule has 0 spiro atoms. The molecule has 8 nitrogen and oxygen atoms in total. The molecule has 0 bridgehead atoms. The Hall–Kier alpha value is -3.08. The molecular weight excluding hydrogens is 702 g/mol. The standard InChI is InChI=1S/C44H54O8.2Na/c1-3-5-7-11-29-49-39-25-19-35(20-26-39)17-23-37-33-42(52-32-14-10-16-44(47)48)38(34-41(37)51-31-13-9-15-43(45)46)24-18-36-21-27-40(28-22-36)50-30-12-8-6-4-2;;/h19-22,25-28,33-34H,3-16,29-32H2,1-2H3,(H,45,46)(H,47,48);;/q;2*+1/p-2. The second-order valence-corrected chi connectivity index (χ2v) is 12.6. The smallest absolute Gasteiger partial charge is 0.550 e. The summed E-state index contributed by atoms with van der Waals surface area (Å²) >= 11 is 0. The van der Waals surface area contributed by atoms with E-state index in [9.17, 15) is 19.8 Å². The minimum atomic E-state index is -1.09. The predicted octanol–water partition coefficient (Wildman–Crippen LogP) is 1.01. The van der Waals surface area contributed by atoms with Gasteiger partial charge in [-0.05, 0) is 99.9 Å². The van der Waals surface area contributed by atoms with Gasteiger partial charge in [0.15, 0.2) is 0 Å². The number of rotatable bonds is 24. The summed E-state index contributed by atoms with van der Waals surface area (Å²) in [6, 6.07) is 18.8. The number of ether oxygens (including phenoxy) is 4. The fraction of sp³-hybridized carbons (Fsp3) is 0.455. The zero-order valence-electron chi connectivity index (χ0n) is 32.8. The number of carbonyl (C=O) groups excluding carboxylic acids is 2. The zero-order valence-corrected chi connectivity index (χ0v) is 36.8. The first-order valence-electron chi connectivity index (χ1n) is 18.7.